The van der Waals surface area contributed by atoms with Gasteiger partial charge in [-0.25, -0.2) is 4.98 Å². The molecule has 0 saturated carbocycles. The first-order valence-corrected chi connectivity index (χ1v) is 9.12. The van der Waals surface area contributed by atoms with E-state index in [-0.39, 0.29) is 6.10 Å². The van der Waals surface area contributed by atoms with Gasteiger partial charge in [0.15, 0.2) is 5.82 Å². The number of piperidine rings is 1. The standard InChI is InChI=1S/C19H29N5O/c1-15-20-19(22-21-15)17-8-10-24(11-9-17)14-18(25)13-23(2)12-16-6-4-3-5-7-16/h3-7,17-18,25H,8-14H2,1-2H3,(H,20,21,22). The van der Waals surface area contributed by atoms with Gasteiger partial charge in [0.05, 0.1) is 6.10 Å². The minimum atomic E-state index is -0.323. The molecule has 0 radical (unpaired) electrons. The number of nitrogens with zero attached hydrogens (tertiary/aromatic N) is 4. The number of nitrogens with one attached hydrogen (secondary N) is 1. The molecule has 0 aliphatic carbocycles. The van der Waals surface area contributed by atoms with Crippen LogP contribution in [0.5, 0.6) is 0 Å². The number of aromatic nitrogens is 3. The second kappa shape index (κ2) is 8.56. The van der Waals surface area contributed by atoms with E-state index >= 15 is 0 Å². The normalized spacial score (nSPS) is 17.9. The van der Waals surface area contributed by atoms with E-state index < -0.39 is 0 Å². The highest BCUT2D eigenvalue weighted by molar-refractivity contribution is 5.14. The van der Waals surface area contributed by atoms with Gasteiger partial charge in [0.25, 0.3) is 0 Å². The molecule has 25 heavy (non-hydrogen) atoms. The Bertz CT molecular complexity index is 636. The van der Waals surface area contributed by atoms with Gasteiger partial charge in [-0.05, 0) is 45.5 Å². The van der Waals surface area contributed by atoms with E-state index in [9.17, 15) is 5.11 Å². The van der Waals surface area contributed by atoms with Crippen molar-refractivity contribution in [2.45, 2.75) is 38.3 Å². The SMILES string of the molecule is Cc1nc(C2CCN(CC(O)CN(C)Cc3ccccc3)CC2)n[nH]1. The van der Waals surface area contributed by atoms with Crippen LogP contribution in [0.3, 0.4) is 0 Å². The summed E-state index contributed by atoms with van der Waals surface area (Å²) in [6, 6.07) is 10.4. The number of hydrogen-bond donors (Lipinski definition) is 2. The van der Waals surface area contributed by atoms with Gasteiger partial charge in [0.2, 0.25) is 0 Å². The molecule has 1 unspecified atom stereocenters. The molecule has 0 spiro atoms. The Hall–Kier alpha value is -1.76. The molecule has 136 valence electrons. The van der Waals surface area contributed by atoms with Crippen LogP contribution >= 0.6 is 0 Å². The molecule has 1 aliphatic heterocycles. The largest absolute Gasteiger partial charge is 0.390 e. The van der Waals surface area contributed by atoms with Crippen LogP contribution in [0.2, 0.25) is 0 Å². The van der Waals surface area contributed by atoms with E-state index in [2.05, 4.69) is 56.3 Å². The number of H-pyrrole nitrogens is 1. The number of rotatable bonds is 7. The summed E-state index contributed by atoms with van der Waals surface area (Å²) in [6.07, 6.45) is 1.80. The number of likely N-dealkylation sites (tertiary alicyclic amines) is 1. The molecule has 0 amide bonds. The molecule has 1 aromatic heterocycles. The molecular formula is C19H29N5O. The minimum Gasteiger partial charge on any atom is -0.390 e. The molecule has 6 nitrogen and oxygen atoms in total. The maximum Gasteiger partial charge on any atom is 0.153 e. The number of β-amino-alcohol motifs (C(OH)–C–C–N with tert-alkyl or cyclic N) is 1. The molecule has 3 rings (SSSR count). The summed E-state index contributed by atoms with van der Waals surface area (Å²) in [6.45, 7) is 6.22. The molecule has 1 fully saturated rings. The summed E-state index contributed by atoms with van der Waals surface area (Å²) >= 11 is 0. The van der Waals surface area contributed by atoms with E-state index in [0.29, 0.717) is 12.5 Å². The Morgan fingerprint density at radius 1 is 1.28 bits per heavy atom. The predicted octanol–water partition coefficient (Wildman–Crippen LogP) is 1.79. The molecule has 6 heteroatoms. The Labute approximate surface area is 149 Å². The lowest BCUT2D eigenvalue weighted by molar-refractivity contribution is 0.0695. The van der Waals surface area contributed by atoms with Crippen LogP contribution in [0.25, 0.3) is 0 Å². The van der Waals surface area contributed by atoms with Crippen LogP contribution in [-0.2, 0) is 6.54 Å². The fourth-order valence-corrected chi connectivity index (χ4v) is 3.59. The molecule has 1 saturated heterocycles. The van der Waals surface area contributed by atoms with Crippen LogP contribution in [0.15, 0.2) is 30.3 Å². The van der Waals surface area contributed by atoms with Crippen molar-refractivity contribution >= 4 is 0 Å². The third-order valence-corrected chi connectivity index (χ3v) is 4.85. The third-order valence-electron chi connectivity index (χ3n) is 4.85. The molecular weight excluding hydrogens is 314 g/mol. The summed E-state index contributed by atoms with van der Waals surface area (Å²) in [5, 5.41) is 17.6. The number of aromatic amines is 1. The van der Waals surface area contributed by atoms with Gasteiger partial charge in [-0.3, -0.25) is 10.00 Å². The lowest BCUT2D eigenvalue weighted by Gasteiger charge is -2.33. The number of benzene rings is 1. The van der Waals surface area contributed by atoms with E-state index in [4.69, 9.17) is 0 Å². The second-order valence-corrected chi connectivity index (χ2v) is 7.19. The third kappa shape index (κ3) is 5.36. The van der Waals surface area contributed by atoms with Gasteiger partial charge in [-0.15, -0.1) is 0 Å². The first kappa shape index (κ1) is 18.0. The Morgan fingerprint density at radius 3 is 2.64 bits per heavy atom. The second-order valence-electron chi connectivity index (χ2n) is 7.19. The lowest BCUT2D eigenvalue weighted by atomic mass is 9.96. The van der Waals surface area contributed by atoms with Crippen molar-refractivity contribution in [2.75, 3.05) is 33.2 Å². The van der Waals surface area contributed by atoms with Gasteiger partial charge in [0.1, 0.15) is 5.82 Å². The molecule has 2 heterocycles. The number of likely N-dealkylation sites (N-methyl/N-ethyl adjacent to an activating group) is 1. The minimum absolute atomic E-state index is 0.323. The van der Waals surface area contributed by atoms with E-state index in [1.807, 2.05) is 13.0 Å². The maximum atomic E-state index is 10.4. The predicted molar refractivity (Wildman–Crippen MR) is 98.3 cm³/mol. The molecule has 2 N–H and O–H groups in total. The van der Waals surface area contributed by atoms with Crippen molar-refractivity contribution < 1.29 is 5.11 Å². The summed E-state index contributed by atoms with van der Waals surface area (Å²) in [4.78, 5) is 9.00. The zero-order chi connectivity index (χ0) is 17.6. The fourth-order valence-electron chi connectivity index (χ4n) is 3.59. The summed E-state index contributed by atoms with van der Waals surface area (Å²) in [7, 11) is 2.06. The van der Waals surface area contributed by atoms with Gasteiger partial charge in [0, 0.05) is 25.6 Å². The van der Waals surface area contributed by atoms with E-state index in [1.54, 1.807) is 0 Å². The summed E-state index contributed by atoms with van der Waals surface area (Å²) < 4.78 is 0. The fraction of sp³-hybridized carbons (Fsp3) is 0.579. The van der Waals surface area contributed by atoms with Crippen molar-refractivity contribution in [2.24, 2.45) is 0 Å². The first-order chi connectivity index (χ1) is 12.1. The lowest BCUT2D eigenvalue weighted by Crippen LogP contribution is -2.42. The van der Waals surface area contributed by atoms with Gasteiger partial charge >= 0.3 is 0 Å². The Morgan fingerprint density at radius 2 is 2.00 bits per heavy atom. The van der Waals surface area contributed by atoms with Crippen LogP contribution in [0.4, 0.5) is 0 Å². The van der Waals surface area contributed by atoms with Crippen LogP contribution in [-0.4, -0.2) is 69.4 Å². The highest BCUT2D eigenvalue weighted by Crippen LogP contribution is 2.25. The number of aliphatic hydroxyl groups is 1. The Balaban J connectivity index is 1.39. The number of hydrogen-bond acceptors (Lipinski definition) is 5. The van der Waals surface area contributed by atoms with E-state index in [0.717, 1.165) is 50.7 Å². The van der Waals surface area contributed by atoms with Gasteiger partial charge in [-0.2, -0.15) is 5.10 Å². The molecule has 1 atom stereocenters. The average Bonchev–Trinajstić information content (AvgIpc) is 3.02. The zero-order valence-corrected chi connectivity index (χ0v) is 15.2. The summed E-state index contributed by atoms with van der Waals surface area (Å²) in [5.41, 5.74) is 1.28. The highest BCUT2D eigenvalue weighted by atomic mass is 16.3. The zero-order valence-electron chi connectivity index (χ0n) is 15.2. The van der Waals surface area contributed by atoms with Crippen molar-refractivity contribution in [1.29, 1.82) is 0 Å². The molecule has 1 aliphatic rings. The smallest absolute Gasteiger partial charge is 0.153 e. The first-order valence-electron chi connectivity index (χ1n) is 9.12. The average molecular weight is 343 g/mol. The van der Waals surface area contributed by atoms with Crippen molar-refractivity contribution in [3.8, 4) is 0 Å². The number of aliphatic hydroxyl groups excluding tert-OH is 1. The molecule has 1 aromatic carbocycles. The summed E-state index contributed by atoms with van der Waals surface area (Å²) in [5.74, 6) is 2.27. The maximum absolute atomic E-state index is 10.4. The van der Waals surface area contributed by atoms with Crippen LogP contribution in [0, 0.1) is 6.92 Å². The van der Waals surface area contributed by atoms with E-state index in [1.165, 1.54) is 5.56 Å². The molecule has 2 aromatic rings. The monoisotopic (exact) mass is 343 g/mol. The van der Waals surface area contributed by atoms with Crippen LogP contribution in [0.1, 0.15) is 36.0 Å². The quantitative estimate of drug-likeness (QED) is 0.802. The van der Waals surface area contributed by atoms with Crippen molar-refractivity contribution in [3.05, 3.63) is 47.5 Å². The van der Waals surface area contributed by atoms with Crippen molar-refractivity contribution in [1.82, 2.24) is 25.0 Å². The van der Waals surface area contributed by atoms with Gasteiger partial charge < -0.3 is 10.0 Å². The molecule has 0 bridgehead atoms. The van der Waals surface area contributed by atoms with Gasteiger partial charge in [-0.1, -0.05) is 30.3 Å². The number of aryl methyl sites for hydroxylation is 1. The van der Waals surface area contributed by atoms with Crippen LogP contribution < -0.4 is 0 Å². The van der Waals surface area contributed by atoms with Crippen molar-refractivity contribution in [3.63, 3.8) is 0 Å². The topological polar surface area (TPSA) is 68.3 Å². The Kier molecular flexibility index (Phi) is 6.18. The highest BCUT2D eigenvalue weighted by Gasteiger charge is 2.24.